The molecule has 0 bridgehead atoms. The van der Waals surface area contributed by atoms with E-state index in [1.165, 1.54) is 0 Å². The Bertz CT molecular complexity index is 991. The average molecular weight is 420 g/mol. The van der Waals surface area contributed by atoms with Gasteiger partial charge in [-0.2, -0.15) is 5.26 Å². The molecule has 0 saturated carbocycles. The number of rotatable bonds is 6. The van der Waals surface area contributed by atoms with Crippen molar-refractivity contribution in [2.45, 2.75) is 6.54 Å². The Kier molecular flexibility index (Phi) is 6.24. The molecule has 1 aromatic heterocycles. The minimum absolute atomic E-state index is 0.517. The lowest BCUT2D eigenvalue weighted by Crippen LogP contribution is -2.04. The van der Waals surface area contributed by atoms with Crippen molar-refractivity contribution in [1.82, 2.24) is 4.98 Å². The third-order valence-corrected chi connectivity index (χ3v) is 4.44. The Morgan fingerprint density at radius 3 is 2.63 bits per heavy atom. The maximum absolute atomic E-state index is 9.34. The maximum atomic E-state index is 9.34. The van der Waals surface area contributed by atoms with Gasteiger partial charge in [-0.1, -0.05) is 46.3 Å². The number of methoxy groups -OCH3 is 1. The van der Waals surface area contributed by atoms with Crippen LogP contribution in [-0.4, -0.2) is 12.1 Å². The van der Waals surface area contributed by atoms with E-state index < -0.39 is 0 Å². The Hall–Kier alpha value is -3.10. The molecule has 1 N–H and O–H groups in total. The lowest BCUT2D eigenvalue weighted by atomic mass is 10.1. The summed E-state index contributed by atoms with van der Waals surface area (Å²) < 4.78 is 6.20. The Labute approximate surface area is 167 Å². The number of nitrogens with zero attached hydrogens (tertiary/aromatic N) is 2. The molecule has 0 amide bonds. The van der Waals surface area contributed by atoms with Crippen molar-refractivity contribution in [3.63, 3.8) is 0 Å². The number of hydrogen-bond acceptors (Lipinski definition) is 4. The number of benzene rings is 2. The fourth-order valence-corrected chi connectivity index (χ4v) is 2.93. The van der Waals surface area contributed by atoms with Gasteiger partial charge < -0.3 is 10.1 Å². The van der Waals surface area contributed by atoms with Crippen molar-refractivity contribution in [2.75, 3.05) is 12.4 Å². The number of nitriles is 1. The largest absolute Gasteiger partial charge is 0.497 e. The zero-order chi connectivity index (χ0) is 19.1. The first-order valence-corrected chi connectivity index (χ1v) is 9.19. The molecule has 3 rings (SSSR count). The molecule has 0 aliphatic rings. The van der Waals surface area contributed by atoms with Crippen molar-refractivity contribution < 1.29 is 4.74 Å². The molecule has 0 aliphatic carbocycles. The monoisotopic (exact) mass is 419 g/mol. The summed E-state index contributed by atoms with van der Waals surface area (Å²) in [5.74, 6) is 1.39. The highest BCUT2D eigenvalue weighted by atomic mass is 79.9. The second-order valence-electron chi connectivity index (χ2n) is 5.83. The molecule has 0 atom stereocenters. The van der Waals surface area contributed by atoms with Gasteiger partial charge in [-0.25, -0.2) is 4.98 Å². The second-order valence-corrected chi connectivity index (χ2v) is 6.75. The van der Waals surface area contributed by atoms with Crippen LogP contribution in [0.1, 0.15) is 22.4 Å². The van der Waals surface area contributed by atoms with Gasteiger partial charge in [0, 0.05) is 11.0 Å². The molecule has 0 saturated heterocycles. The summed E-state index contributed by atoms with van der Waals surface area (Å²) in [5, 5.41) is 12.6. The summed E-state index contributed by atoms with van der Waals surface area (Å²) in [4.78, 5) is 4.57. The van der Waals surface area contributed by atoms with E-state index in [9.17, 15) is 5.26 Å². The van der Waals surface area contributed by atoms with Crippen LogP contribution in [0.25, 0.3) is 12.2 Å². The van der Waals surface area contributed by atoms with Gasteiger partial charge in [0.1, 0.15) is 17.6 Å². The van der Waals surface area contributed by atoms with Crippen LogP contribution in [0.15, 0.2) is 65.1 Å². The first-order valence-electron chi connectivity index (χ1n) is 8.39. The van der Waals surface area contributed by atoms with Gasteiger partial charge in [0.25, 0.3) is 0 Å². The minimum atomic E-state index is 0.517. The van der Waals surface area contributed by atoms with Crippen LogP contribution in [-0.2, 0) is 6.54 Å². The fourth-order valence-electron chi connectivity index (χ4n) is 2.51. The summed E-state index contributed by atoms with van der Waals surface area (Å²) in [6.07, 6.45) is 3.92. The number of nitrogens with one attached hydrogen (secondary N) is 1. The van der Waals surface area contributed by atoms with Gasteiger partial charge >= 0.3 is 0 Å². The predicted octanol–water partition coefficient (Wildman–Crippen LogP) is 5.51. The van der Waals surface area contributed by atoms with Crippen LogP contribution in [0.4, 0.5) is 5.82 Å². The van der Waals surface area contributed by atoms with E-state index in [1.807, 2.05) is 66.7 Å². The number of halogens is 1. The average Bonchev–Trinajstić information content (AvgIpc) is 2.71. The molecule has 5 heteroatoms. The van der Waals surface area contributed by atoms with Gasteiger partial charge in [-0.05, 0) is 53.6 Å². The van der Waals surface area contributed by atoms with Crippen molar-refractivity contribution in [1.29, 1.82) is 5.26 Å². The Balaban J connectivity index is 1.75. The maximum Gasteiger partial charge on any atom is 0.144 e. The number of ether oxygens (including phenoxy) is 1. The molecule has 1 heterocycles. The van der Waals surface area contributed by atoms with Crippen LogP contribution < -0.4 is 10.1 Å². The first kappa shape index (κ1) is 18.7. The van der Waals surface area contributed by atoms with Gasteiger partial charge in [-0.15, -0.1) is 0 Å². The molecule has 2 aromatic carbocycles. The molecule has 4 nitrogen and oxygen atoms in total. The van der Waals surface area contributed by atoms with Crippen molar-refractivity contribution in [2.24, 2.45) is 0 Å². The molecule has 0 fully saturated rings. The Morgan fingerprint density at radius 1 is 1.11 bits per heavy atom. The highest BCUT2D eigenvalue weighted by Gasteiger charge is 2.05. The van der Waals surface area contributed by atoms with E-state index >= 15 is 0 Å². The number of anilines is 1. The molecule has 3 aromatic rings. The van der Waals surface area contributed by atoms with Crippen LogP contribution in [0, 0.1) is 11.3 Å². The van der Waals surface area contributed by atoms with Crippen LogP contribution in [0.3, 0.4) is 0 Å². The fraction of sp³-hybridized carbons (Fsp3) is 0.0909. The van der Waals surface area contributed by atoms with Gasteiger partial charge in [0.15, 0.2) is 0 Å². The second kappa shape index (κ2) is 9.02. The standard InChI is InChI=1S/C22H18BrN3O/c1-27-21-11-6-17(7-12-21)15-25-22-18(14-24)8-10-20(26-22)9-5-16-3-2-4-19(23)13-16/h2-13H,15H2,1H3,(H,25,26). The van der Waals surface area contributed by atoms with Crippen molar-refractivity contribution in [3.8, 4) is 11.8 Å². The summed E-state index contributed by atoms with van der Waals surface area (Å²) in [6, 6.07) is 21.6. The Morgan fingerprint density at radius 2 is 1.93 bits per heavy atom. The number of pyridine rings is 1. The van der Waals surface area contributed by atoms with Crippen LogP contribution in [0.2, 0.25) is 0 Å². The number of aromatic nitrogens is 1. The first-order chi connectivity index (χ1) is 13.2. The molecule has 0 radical (unpaired) electrons. The van der Waals surface area contributed by atoms with E-state index in [0.717, 1.165) is 27.0 Å². The van der Waals surface area contributed by atoms with E-state index in [0.29, 0.717) is 17.9 Å². The quantitative estimate of drug-likeness (QED) is 0.572. The van der Waals surface area contributed by atoms with E-state index in [1.54, 1.807) is 13.2 Å². The third-order valence-electron chi connectivity index (χ3n) is 3.95. The zero-order valence-corrected chi connectivity index (χ0v) is 16.4. The molecule has 0 aliphatic heterocycles. The zero-order valence-electron chi connectivity index (χ0n) is 14.8. The minimum Gasteiger partial charge on any atom is -0.497 e. The summed E-state index contributed by atoms with van der Waals surface area (Å²) in [7, 11) is 1.64. The van der Waals surface area contributed by atoms with Crippen LogP contribution >= 0.6 is 15.9 Å². The molecule has 27 heavy (non-hydrogen) atoms. The van der Waals surface area contributed by atoms with Crippen molar-refractivity contribution >= 4 is 33.9 Å². The van der Waals surface area contributed by atoms with Gasteiger partial charge in [0.2, 0.25) is 0 Å². The summed E-state index contributed by atoms with van der Waals surface area (Å²) in [5.41, 5.74) is 3.45. The van der Waals surface area contributed by atoms with E-state index in [4.69, 9.17) is 4.74 Å². The van der Waals surface area contributed by atoms with E-state index in [2.05, 4.69) is 32.3 Å². The molecular formula is C22H18BrN3O. The van der Waals surface area contributed by atoms with Gasteiger partial charge in [-0.3, -0.25) is 0 Å². The smallest absolute Gasteiger partial charge is 0.144 e. The SMILES string of the molecule is COc1ccc(CNc2nc(C=Cc3cccc(Br)c3)ccc2C#N)cc1. The molecule has 134 valence electrons. The molecule has 0 unspecified atom stereocenters. The number of hydrogen-bond donors (Lipinski definition) is 1. The predicted molar refractivity (Wildman–Crippen MR) is 112 cm³/mol. The molecular weight excluding hydrogens is 402 g/mol. The lowest BCUT2D eigenvalue weighted by Gasteiger charge is -2.09. The molecule has 0 spiro atoms. The highest BCUT2D eigenvalue weighted by Crippen LogP contribution is 2.18. The van der Waals surface area contributed by atoms with Gasteiger partial charge in [0.05, 0.1) is 18.4 Å². The lowest BCUT2D eigenvalue weighted by molar-refractivity contribution is 0.414. The van der Waals surface area contributed by atoms with Crippen LogP contribution in [0.5, 0.6) is 5.75 Å². The summed E-state index contributed by atoms with van der Waals surface area (Å²) in [6.45, 7) is 0.574. The normalized spacial score (nSPS) is 10.6. The van der Waals surface area contributed by atoms with Crippen molar-refractivity contribution in [3.05, 3.63) is 87.5 Å². The highest BCUT2D eigenvalue weighted by molar-refractivity contribution is 9.10. The summed E-state index contributed by atoms with van der Waals surface area (Å²) >= 11 is 3.47. The van der Waals surface area contributed by atoms with E-state index in [-0.39, 0.29) is 0 Å². The topological polar surface area (TPSA) is 57.9 Å². The third kappa shape index (κ3) is 5.19.